The van der Waals surface area contributed by atoms with Crippen LogP contribution in [0.15, 0.2) is 12.2 Å². The van der Waals surface area contributed by atoms with Gasteiger partial charge in [0.05, 0.1) is 0 Å². The average molecular weight is 269 g/mol. The highest BCUT2D eigenvalue weighted by Gasteiger charge is 2.29. The highest BCUT2D eigenvalue weighted by molar-refractivity contribution is 4.90. The lowest BCUT2D eigenvalue weighted by molar-refractivity contribution is 0.152. The minimum atomic E-state index is 0. The second kappa shape index (κ2) is 8.82. The molecule has 0 heteroatoms. The summed E-state index contributed by atoms with van der Waals surface area (Å²) in [5.74, 6) is 4.15. The molecule has 0 spiro atoms. The summed E-state index contributed by atoms with van der Waals surface area (Å²) in [6, 6.07) is 0. The van der Waals surface area contributed by atoms with E-state index in [2.05, 4.69) is 26.0 Å². The van der Waals surface area contributed by atoms with Gasteiger partial charge < -0.3 is 0 Å². The molecule has 2 aliphatic rings. The van der Waals surface area contributed by atoms with Gasteiger partial charge in [-0.1, -0.05) is 52.2 Å². The lowest BCUT2D eigenvalue weighted by Crippen LogP contribution is -2.25. The van der Waals surface area contributed by atoms with E-state index in [1.165, 1.54) is 51.4 Å². The minimum absolute atomic E-state index is 0. The van der Waals surface area contributed by atoms with Gasteiger partial charge in [-0.3, -0.25) is 0 Å². The molecule has 0 aromatic carbocycles. The van der Waals surface area contributed by atoms with Gasteiger partial charge >= 0.3 is 0 Å². The molecule has 19 heavy (non-hydrogen) atoms. The molecule has 116 valence electrons. The van der Waals surface area contributed by atoms with Crippen LogP contribution in [-0.4, -0.2) is 0 Å². The third kappa shape index (κ3) is 4.97. The van der Waals surface area contributed by atoms with Gasteiger partial charge in [-0.05, 0) is 69.1 Å². The summed E-state index contributed by atoms with van der Waals surface area (Å²) >= 11 is 0. The topological polar surface area (TPSA) is 0 Å². The van der Waals surface area contributed by atoms with E-state index in [-0.39, 0.29) is 10.3 Å². The molecule has 0 aromatic heterocycles. The summed E-state index contributed by atoms with van der Waals surface area (Å²) in [5, 5.41) is 0. The molecule has 0 heterocycles. The molecule has 0 atom stereocenters. The van der Waals surface area contributed by atoms with E-state index in [4.69, 9.17) is 0 Å². The molecule has 0 radical (unpaired) electrons. The van der Waals surface area contributed by atoms with Crippen molar-refractivity contribution in [3.8, 4) is 0 Å². The van der Waals surface area contributed by atoms with Crippen molar-refractivity contribution < 1.29 is 2.85 Å². The zero-order chi connectivity index (χ0) is 12.8. The number of allylic oxidation sites excluding steroid dienone is 2. The predicted molar refractivity (Wildman–Crippen MR) is 91.6 cm³/mol. The highest BCUT2D eigenvalue weighted by Crippen LogP contribution is 2.42. The fraction of sp³-hybridized carbons (Fsp3) is 0.895. The molecule has 0 saturated heterocycles. The van der Waals surface area contributed by atoms with Gasteiger partial charge in [0.15, 0.2) is 0 Å². The summed E-state index contributed by atoms with van der Waals surface area (Å²) < 4.78 is 0. The number of hydrogen-bond acceptors (Lipinski definition) is 0. The lowest BCUT2D eigenvalue weighted by Gasteiger charge is -2.37. The molecule has 0 nitrogen and oxygen atoms in total. The quantitative estimate of drug-likeness (QED) is 0.477. The van der Waals surface area contributed by atoms with Gasteiger partial charge in [-0.2, -0.15) is 0 Å². The lowest BCUT2D eigenvalue weighted by atomic mass is 9.69. The monoisotopic (exact) mass is 268 g/mol. The van der Waals surface area contributed by atoms with Crippen LogP contribution in [-0.2, 0) is 0 Å². The van der Waals surface area contributed by atoms with Crippen LogP contribution in [0.2, 0.25) is 0 Å². The molecule has 0 amide bonds. The Balaban J connectivity index is 0. The van der Waals surface area contributed by atoms with E-state index in [1.54, 1.807) is 12.8 Å². The first-order chi connectivity index (χ1) is 8.83. The van der Waals surface area contributed by atoms with Crippen LogP contribution < -0.4 is 0 Å². The Bertz CT molecular complexity index is 246. The van der Waals surface area contributed by atoms with Crippen molar-refractivity contribution in [3.05, 3.63) is 12.2 Å². The molecule has 0 unspecified atom stereocenters. The Morgan fingerprint density at radius 2 is 1.42 bits per heavy atom. The van der Waals surface area contributed by atoms with Gasteiger partial charge in [-0.25, -0.2) is 0 Å². The maximum Gasteiger partial charge on any atom is 0 e. The molecule has 2 rings (SSSR count). The molecule has 2 fully saturated rings. The molecule has 0 aromatic rings. The van der Waals surface area contributed by atoms with Gasteiger partial charge in [0.2, 0.25) is 0 Å². The Labute approximate surface area is 125 Å². The standard InChI is InChI=1S/C18H32.CH4.2H2/c1-3-5-15-7-11-17(12-8-15)18-13-9-16(6-4-2)10-14-18;;;/h3,5,15-18H,4,6-14H2,1-2H3;1H4;2*1H/b5-3+;;;. The number of rotatable bonds is 4. The first-order valence-electron chi connectivity index (χ1n) is 8.46. The molecule has 0 aliphatic heterocycles. The van der Waals surface area contributed by atoms with Crippen molar-refractivity contribution in [2.24, 2.45) is 23.7 Å². The summed E-state index contributed by atoms with van der Waals surface area (Å²) in [5.41, 5.74) is 0. The Morgan fingerprint density at radius 3 is 1.89 bits per heavy atom. The van der Waals surface area contributed by atoms with Crippen molar-refractivity contribution in [1.29, 1.82) is 0 Å². The van der Waals surface area contributed by atoms with E-state index in [1.807, 2.05) is 0 Å². The normalized spacial score (nSPS) is 36.1. The largest absolute Gasteiger partial charge is 0.0914 e. The summed E-state index contributed by atoms with van der Waals surface area (Å²) in [4.78, 5) is 0. The van der Waals surface area contributed by atoms with Crippen LogP contribution in [0.5, 0.6) is 0 Å². The molecule has 2 saturated carbocycles. The fourth-order valence-electron chi connectivity index (χ4n) is 4.44. The molecule has 0 N–H and O–H groups in total. The zero-order valence-corrected chi connectivity index (χ0v) is 12.5. The van der Waals surface area contributed by atoms with Crippen LogP contribution in [0.25, 0.3) is 0 Å². The van der Waals surface area contributed by atoms with Crippen molar-refractivity contribution >= 4 is 0 Å². The molecular weight excluding hydrogens is 228 g/mol. The third-order valence-corrected chi connectivity index (χ3v) is 5.54. The first kappa shape index (κ1) is 16.8. The first-order valence-corrected chi connectivity index (χ1v) is 8.46. The van der Waals surface area contributed by atoms with Crippen molar-refractivity contribution in [2.75, 3.05) is 0 Å². The van der Waals surface area contributed by atoms with E-state index >= 15 is 0 Å². The second-order valence-electron chi connectivity index (χ2n) is 6.77. The third-order valence-electron chi connectivity index (χ3n) is 5.54. The van der Waals surface area contributed by atoms with Crippen LogP contribution in [0.3, 0.4) is 0 Å². The maximum atomic E-state index is 2.44. The van der Waals surface area contributed by atoms with Gasteiger partial charge in [0.25, 0.3) is 0 Å². The molecule has 0 bridgehead atoms. The highest BCUT2D eigenvalue weighted by atomic mass is 14.3. The van der Waals surface area contributed by atoms with Gasteiger partial charge in [0.1, 0.15) is 0 Å². The van der Waals surface area contributed by atoms with Crippen LogP contribution in [0.1, 0.15) is 88.3 Å². The number of hydrogen-bond donors (Lipinski definition) is 0. The SMILES string of the molecule is C.C/C=C/C1CCC(C2CCC(CCC)CC2)CC1.[HH].[HH]. The molecule has 2 aliphatic carbocycles. The Kier molecular flexibility index (Phi) is 7.80. The van der Waals surface area contributed by atoms with Gasteiger partial charge in [0, 0.05) is 2.85 Å². The van der Waals surface area contributed by atoms with Crippen molar-refractivity contribution in [3.63, 3.8) is 0 Å². The fourth-order valence-corrected chi connectivity index (χ4v) is 4.44. The van der Waals surface area contributed by atoms with Crippen LogP contribution >= 0.6 is 0 Å². The Hall–Kier alpha value is -0.260. The Morgan fingerprint density at radius 1 is 0.895 bits per heavy atom. The summed E-state index contributed by atoms with van der Waals surface area (Å²) in [7, 11) is 0. The maximum absolute atomic E-state index is 2.44. The smallest absolute Gasteiger partial charge is 0 e. The molecular formula is C19H40. The second-order valence-corrected chi connectivity index (χ2v) is 6.77. The van der Waals surface area contributed by atoms with Crippen LogP contribution in [0.4, 0.5) is 0 Å². The van der Waals surface area contributed by atoms with E-state index in [9.17, 15) is 0 Å². The minimum Gasteiger partial charge on any atom is -0.0914 e. The predicted octanol–water partition coefficient (Wildman–Crippen LogP) is 7.10. The van der Waals surface area contributed by atoms with E-state index in [0.29, 0.717) is 0 Å². The average Bonchev–Trinajstić information content (AvgIpc) is 2.41. The zero-order valence-electron chi connectivity index (χ0n) is 12.5. The summed E-state index contributed by atoms with van der Waals surface area (Å²) in [6.45, 7) is 4.51. The summed E-state index contributed by atoms with van der Waals surface area (Å²) in [6.07, 6.45) is 19.7. The van der Waals surface area contributed by atoms with Gasteiger partial charge in [-0.15, -0.1) is 0 Å². The van der Waals surface area contributed by atoms with Crippen LogP contribution in [0, 0.1) is 23.7 Å². The van der Waals surface area contributed by atoms with Crippen molar-refractivity contribution in [2.45, 2.75) is 85.5 Å². The van der Waals surface area contributed by atoms with E-state index in [0.717, 1.165) is 23.7 Å². The van der Waals surface area contributed by atoms with Crippen molar-refractivity contribution in [1.82, 2.24) is 0 Å². The van der Waals surface area contributed by atoms with E-state index < -0.39 is 0 Å².